The molecular formula is C19H28O. The van der Waals surface area contributed by atoms with Crippen molar-refractivity contribution in [2.75, 3.05) is 0 Å². The van der Waals surface area contributed by atoms with Crippen molar-refractivity contribution in [2.24, 2.45) is 28.6 Å². The fourth-order valence-electron chi connectivity index (χ4n) is 5.33. The van der Waals surface area contributed by atoms with Crippen LogP contribution in [0.1, 0.15) is 59.3 Å². The first-order valence-corrected chi connectivity index (χ1v) is 8.27. The van der Waals surface area contributed by atoms with E-state index in [9.17, 15) is 4.79 Å². The summed E-state index contributed by atoms with van der Waals surface area (Å²) in [7, 11) is 0. The summed E-state index contributed by atoms with van der Waals surface area (Å²) in [6.07, 6.45) is 11.4. The number of ketones is 1. The maximum absolute atomic E-state index is 12.1. The summed E-state index contributed by atoms with van der Waals surface area (Å²) in [4.78, 5) is 12.1. The summed E-state index contributed by atoms with van der Waals surface area (Å²) >= 11 is 0. The maximum atomic E-state index is 12.1. The van der Waals surface area contributed by atoms with E-state index in [1.165, 1.54) is 25.7 Å². The third kappa shape index (κ3) is 1.93. The minimum atomic E-state index is 0.200. The maximum Gasteiger partial charge on any atom is 0.136 e. The van der Waals surface area contributed by atoms with E-state index in [1.807, 2.05) is 0 Å². The smallest absolute Gasteiger partial charge is 0.136 e. The first-order chi connectivity index (χ1) is 9.39. The summed E-state index contributed by atoms with van der Waals surface area (Å²) < 4.78 is 0. The van der Waals surface area contributed by atoms with Gasteiger partial charge in [-0.1, -0.05) is 38.5 Å². The quantitative estimate of drug-likeness (QED) is 0.618. The van der Waals surface area contributed by atoms with E-state index >= 15 is 0 Å². The molecule has 0 radical (unpaired) electrons. The van der Waals surface area contributed by atoms with Crippen molar-refractivity contribution < 1.29 is 4.79 Å². The van der Waals surface area contributed by atoms with Gasteiger partial charge in [0, 0.05) is 17.8 Å². The highest BCUT2D eigenvalue weighted by Crippen LogP contribution is 2.60. The Hall–Kier alpha value is -0.850. The molecule has 1 heteroatoms. The van der Waals surface area contributed by atoms with E-state index < -0.39 is 0 Å². The summed E-state index contributed by atoms with van der Waals surface area (Å²) in [5, 5.41) is 0. The standard InChI is InChI=1S/C19H28O/c1-5-18(3)10-8-16-14(12-18)6-7-15-13(2)17(20)9-11-19(15,16)4/h5,12-13,15-16H,1,6-11H2,2-4H3/t13-,15-,16-,18-,19-/m0/s1. The van der Waals surface area contributed by atoms with Gasteiger partial charge in [-0.2, -0.15) is 0 Å². The zero-order valence-electron chi connectivity index (χ0n) is 13.2. The predicted octanol–water partition coefficient (Wildman–Crippen LogP) is 4.93. The summed E-state index contributed by atoms with van der Waals surface area (Å²) in [5.41, 5.74) is 2.23. The van der Waals surface area contributed by atoms with Gasteiger partial charge in [-0.15, -0.1) is 6.58 Å². The molecule has 2 saturated carbocycles. The lowest BCUT2D eigenvalue weighted by atomic mass is 9.48. The van der Waals surface area contributed by atoms with Crippen LogP contribution in [0.15, 0.2) is 24.3 Å². The second kappa shape index (κ2) is 4.58. The molecule has 0 aliphatic heterocycles. The number of Topliss-reactive ketones (excluding diaryl/α,β-unsaturated/α-hetero) is 1. The zero-order chi connectivity index (χ0) is 14.5. The van der Waals surface area contributed by atoms with Crippen molar-refractivity contribution in [1.29, 1.82) is 0 Å². The molecule has 3 aliphatic carbocycles. The van der Waals surface area contributed by atoms with Gasteiger partial charge in [0.2, 0.25) is 0 Å². The average molecular weight is 272 g/mol. The van der Waals surface area contributed by atoms with E-state index in [2.05, 4.69) is 39.5 Å². The second-order valence-corrected chi connectivity index (χ2v) is 7.93. The molecule has 3 rings (SSSR count). The molecule has 0 amide bonds. The van der Waals surface area contributed by atoms with E-state index in [-0.39, 0.29) is 11.3 Å². The minimum absolute atomic E-state index is 0.200. The first kappa shape index (κ1) is 14.1. The molecule has 0 bridgehead atoms. The lowest BCUT2D eigenvalue weighted by Crippen LogP contribution is -2.49. The molecule has 0 N–H and O–H groups in total. The van der Waals surface area contributed by atoms with E-state index in [4.69, 9.17) is 0 Å². The Balaban J connectivity index is 1.95. The lowest BCUT2D eigenvalue weighted by molar-refractivity contribution is -0.134. The number of carbonyl (C=O) groups is 1. The van der Waals surface area contributed by atoms with Crippen molar-refractivity contribution in [3.63, 3.8) is 0 Å². The van der Waals surface area contributed by atoms with Crippen molar-refractivity contribution in [2.45, 2.75) is 59.3 Å². The fraction of sp³-hybridized carbons (Fsp3) is 0.737. The number of hydrogen-bond acceptors (Lipinski definition) is 1. The largest absolute Gasteiger partial charge is 0.299 e. The van der Waals surface area contributed by atoms with Crippen molar-refractivity contribution >= 4 is 5.78 Å². The predicted molar refractivity (Wildman–Crippen MR) is 83.3 cm³/mol. The number of fused-ring (bicyclic) bond motifs is 3. The summed E-state index contributed by atoms with van der Waals surface area (Å²) in [5.74, 6) is 2.11. The van der Waals surface area contributed by atoms with Crippen LogP contribution in [0.4, 0.5) is 0 Å². The Bertz CT molecular complexity index is 474. The average Bonchev–Trinajstić information content (AvgIpc) is 2.43. The van der Waals surface area contributed by atoms with Gasteiger partial charge in [0.15, 0.2) is 0 Å². The third-order valence-electron chi connectivity index (χ3n) is 6.81. The van der Waals surface area contributed by atoms with E-state index in [1.54, 1.807) is 5.57 Å². The molecule has 3 aliphatic rings. The topological polar surface area (TPSA) is 17.1 Å². The lowest BCUT2D eigenvalue weighted by Gasteiger charge is -2.55. The van der Waals surface area contributed by atoms with Crippen LogP contribution < -0.4 is 0 Å². The molecule has 0 spiro atoms. The molecule has 20 heavy (non-hydrogen) atoms. The molecule has 0 unspecified atom stereocenters. The fourth-order valence-corrected chi connectivity index (χ4v) is 5.33. The van der Waals surface area contributed by atoms with Gasteiger partial charge in [0.1, 0.15) is 5.78 Å². The van der Waals surface area contributed by atoms with Gasteiger partial charge in [-0.3, -0.25) is 4.79 Å². The highest BCUT2D eigenvalue weighted by atomic mass is 16.1. The van der Waals surface area contributed by atoms with Crippen LogP contribution in [0.3, 0.4) is 0 Å². The van der Waals surface area contributed by atoms with Crippen LogP contribution in [0.5, 0.6) is 0 Å². The summed E-state index contributed by atoms with van der Waals surface area (Å²) in [6, 6.07) is 0. The van der Waals surface area contributed by atoms with Gasteiger partial charge < -0.3 is 0 Å². The number of allylic oxidation sites excluding steroid dienone is 3. The highest BCUT2D eigenvalue weighted by Gasteiger charge is 2.52. The van der Waals surface area contributed by atoms with E-state index in [0.717, 1.165) is 12.8 Å². The number of carbonyl (C=O) groups excluding carboxylic acids is 1. The van der Waals surface area contributed by atoms with Gasteiger partial charge >= 0.3 is 0 Å². The summed E-state index contributed by atoms with van der Waals surface area (Å²) in [6.45, 7) is 11.0. The Labute approximate surface area is 123 Å². The second-order valence-electron chi connectivity index (χ2n) is 7.93. The SMILES string of the molecule is C=C[C@]1(C)C=C2CC[C@H]3[C@H](C)C(=O)CC[C@]3(C)[C@H]2CC1. The van der Waals surface area contributed by atoms with Crippen LogP contribution >= 0.6 is 0 Å². The van der Waals surface area contributed by atoms with Crippen LogP contribution in [-0.2, 0) is 4.79 Å². The van der Waals surface area contributed by atoms with Crippen LogP contribution in [0.2, 0.25) is 0 Å². The van der Waals surface area contributed by atoms with Gasteiger partial charge in [-0.05, 0) is 49.4 Å². The monoisotopic (exact) mass is 272 g/mol. The van der Waals surface area contributed by atoms with Crippen molar-refractivity contribution in [3.05, 3.63) is 24.3 Å². The van der Waals surface area contributed by atoms with Crippen molar-refractivity contribution in [1.82, 2.24) is 0 Å². The van der Waals surface area contributed by atoms with Crippen LogP contribution in [-0.4, -0.2) is 5.78 Å². The molecule has 1 nitrogen and oxygen atoms in total. The minimum Gasteiger partial charge on any atom is -0.299 e. The van der Waals surface area contributed by atoms with Gasteiger partial charge in [-0.25, -0.2) is 0 Å². The Morgan fingerprint density at radius 3 is 2.70 bits per heavy atom. The highest BCUT2D eigenvalue weighted by molar-refractivity contribution is 5.82. The Morgan fingerprint density at radius 1 is 1.25 bits per heavy atom. The Morgan fingerprint density at radius 2 is 2.00 bits per heavy atom. The number of hydrogen-bond donors (Lipinski definition) is 0. The molecule has 0 aromatic carbocycles. The molecule has 2 fully saturated rings. The molecule has 110 valence electrons. The van der Waals surface area contributed by atoms with Gasteiger partial charge in [0.05, 0.1) is 0 Å². The molecule has 5 atom stereocenters. The number of rotatable bonds is 1. The molecule has 0 aromatic heterocycles. The Kier molecular flexibility index (Phi) is 3.23. The molecular weight excluding hydrogens is 244 g/mol. The molecule has 0 saturated heterocycles. The normalized spacial score (nSPS) is 48.0. The zero-order valence-corrected chi connectivity index (χ0v) is 13.2. The van der Waals surface area contributed by atoms with Crippen molar-refractivity contribution in [3.8, 4) is 0 Å². The van der Waals surface area contributed by atoms with Crippen LogP contribution in [0.25, 0.3) is 0 Å². The third-order valence-corrected chi connectivity index (χ3v) is 6.81. The molecule has 0 aromatic rings. The first-order valence-electron chi connectivity index (χ1n) is 8.27. The van der Waals surface area contributed by atoms with Crippen LogP contribution in [0, 0.1) is 28.6 Å². The molecule has 0 heterocycles. The van der Waals surface area contributed by atoms with E-state index in [0.29, 0.717) is 23.0 Å². The van der Waals surface area contributed by atoms with Gasteiger partial charge in [0.25, 0.3) is 0 Å².